The Hall–Kier alpha value is -1.05. The van der Waals surface area contributed by atoms with Crippen molar-refractivity contribution in [1.82, 2.24) is 4.90 Å². The summed E-state index contributed by atoms with van der Waals surface area (Å²) >= 11 is 0. The molecule has 0 radical (unpaired) electrons. The van der Waals surface area contributed by atoms with Crippen LogP contribution in [0, 0.1) is 11.8 Å². The molecule has 2 heteroatoms. The Morgan fingerprint density at radius 2 is 1.69 bits per heavy atom. The Morgan fingerprint density at radius 3 is 2.31 bits per heavy atom. The van der Waals surface area contributed by atoms with Gasteiger partial charge in [0.2, 0.25) is 5.91 Å². The number of allylic oxidation sites excluding steroid dienone is 3. The molecular weight excluding hydrogens is 198 g/mol. The van der Waals surface area contributed by atoms with Crippen LogP contribution in [0.4, 0.5) is 0 Å². The Bertz CT molecular complexity index is 358. The van der Waals surface area contributed by atoms with Crippen molar-refractivity contribution in [2.24, 2.45) is 11.8 Å². The molecule has 3 aliphatic rings. The average molecular weight is 217 g/mol. The predicted molar refractivity (Wildman–Crippen MR) is 63.6 cm³/mol. The van der Waals surface area contributed by atoms with Crippen molar-refractivity contribution >= 4 is 5.91 Å². The van der Waals surface area contributed by atoms with Crippen LogP contribution in [-0.4, -0.2) is 17.9 Å². The first-order chi connectivity index (χ1) is 7.68. The Balaban J connectivity index is 1.92. The number of hydrogen-bond acceptors (Lipinski definition) is 1. The summed E-state index contributed by atoms with van der Waals surface area (Å²) < 4.78 is 0. The van der Waals surface area contributed by atoms with Gasteiger partial charge in [-0.1, -0.05) is 17.7 Å². The van der Waals surface area contributed by atoms with Crippen LogP contribution in [0.1, 0.15) is 38.5 Å². The lowest BCUT2D eigenvalue weighted by Crippen LogP contribution is -2.25. The molecule has 86 valence electrons. The van der Waals surface area contributed by atoms with Gasteiger partial charge in [0, 0.05) is 18.7 Å². The van der Waals surface area contributed by atoms with Crippen molar-refractivity contribution in [3.63, 3.8) is 0 Å². The zero-order chi connectivity index (χ0) is 11.3. The minimum absolute atomic E-state index is 0.217. The fourth-order valence-electron chi connectivity index (χ4n) is 3.59. The summed E-state index contributed by atoms with van der Waals surface area (Å²) in [4.78, 5) is 13.9. The number of carbonyl (C=O) groups is 1. The summed E-state index contributed by atoms with van der Waals surface area (Å²) in [6, 6.07) is 0. The average Bonchev–Trinajstić information content (AvgIpc) is 2.52. The first-order valence-corrected chi connectivity index (χ1v) is 6.34. The van der Waals surface area contributed by atoms with E-state index < -0.39 is 0 Å². The normalized spacial score (nSPS) is 34.2. The Kier molecular flexibility index (Phi) is 2.20. The van der Waals surface area contributed by atoms with E-state index in [2.05, 4.69) is 6.58 Å². The van der Waals surface area contributed by atoms with Gasteiger partial charge in [0.1, 0.15) is 0 Å². The van der Waals surface area contributed by atoms with E-state index >= 15 is 0 Å². The van der Waals surface area contributed by atoms with Gasteiger partial charge in [-0.05, 0) is 38.5 Å². The van der Waals surface area contributed by atoms with Crippen molar-refractivity contribution in [2.75, 3.05) is 7.05 Å². The molecular formula is C14H19NO. The molecule has 2 aliphatic carbocycles. The summed E-state index contributed by atoms with van der Waals surface area (Å²) in [5.74, 6) is 0.927. The molecule has 1 fully saturated rings. The lowest BCUT2D eigenvalue weighted by atomic mass is 9.72. The zero-order valence-electron chi connectivity index (χ0n) is 9.96. The molecule has 1 heterocycles. The molecule has 1 amide bonds. The summed E-state index contributed by atoms with van der Waals surface area (Å²) in [6.45, 7) is 4.09. The number of fused-ring (bicyclic) bond motifs is 1. The van der Waals surface area contributed by atoms with Gasteiger partial charge >= 0.3 is 0 Å². The molecule has 0 bridgehead atoms. The van der Waals surface area contributed by atoms with E-state index in [0.717, 1.165) is 18.5 Å². The van der Waals surface area contributed by atoms with E-state index in [0.29, 0.717) is 11.8 Å². The molecule has 2 nitrogen and oxygen atoms in total. The van der Waals surface area contributed by atoms with E-state index in [-0.39, 0.29) is 5.92 Å². The van der Waals surface area contributed by atoms with Crippen LogP contribution < -0.4 is 0 Å². The molecule has 3 rings (SSSR count). The van der Waals surface area contributed by atoms with Gasteiger partial charge < -0.3 is 4.90 Å². The summed E-state index contributed by atoms with van der Waals surface area (Å²) in [7, 11) is 1.88. The van der Waals surface area contributed by atoms with E-state index in [4.69, 9.17) is 0 Å². The Labute approximate surface area is 97.0 Å². The lowest BCUT2D eigenvalue weighted by molar-refractivity contribution is -0.129. The summed E-state index contributed by atoms with van der Waals surface area (Å²) in [5.41, 5.74) is 4.30. The highest BCUT2D eigenvalue weighted by molar-refractivity contribution is 5.85. The molecule has 2 unspecified atom stereocenters. The first-order valence-electron chi connectivity index (χ1n) is 6.34. The second-order valence-electron chi connectivity index (χ2n) is 5.42. The monoisotopic (exact) mass is 217 g/mol. The third kappa shape index (κ3) is 1.28. The molecule has 0 aromatic carbocycles. The molecule has 0 aromatic rings. The minimum Gasteiger partial charge on any atom is -0.319 e. The topological polar surface area (TPSA) is 20.3 Å². The zero-order valence-corrected chi connectivity index (χ0v) is 9.96. The van der Waals surface area contributed by atoms with E-state index in [1.807, 2.05) is 7.05 Å². The predicted octanol–water partition coefficient (Wildman–Crippen LogP) is 2.87. The van der Waals surface area contributed by atoms with Crippen LogP contribution in [0.3, 0.4) is 0 Å². The number of amides is 1. The molecule has 16 heavy (non-hydrogen) atoms. The number of hydrogen-bond donors (Lipinski definition) is 0. The highest BCUT2D eigenvalue weighted by Crippen LogP contribution is 2.47. The van der Waals surface area contributed by atoms with Crippen LogP contribution in [0.5, 0.6) is 0 Å². The van der Waals surface area contributed by atoms with Crippen LogP contribution in [0.25, 0.3) is 0 Å². The molecule has 2 atom stereocenters. The minimum atomic E-state index is 0.217. The van der Waals surface area contributed by atoms with Crippen molar-refractivity contribution in [1.29, 1.82) is 0 Å². The third-order valence-electron chi connectivity index (χ3n) is 4.63. The largest absolute Gasteiger partial charge is 0.319 e. The van der Waals surface area contributed by atoms with Gasteiger partial charge in [-0.25, -0.2) is 0 Å². The number of carbonyl (C=O) groups excluding carboxylic acids is 1. The van der Waals surface area contributed by atoms with Crippen molar-refractivity contribution in [2.45, 2.75) is 38.5 Å². The molecule has 0 spiro atoms. The van der Waals surface area contributed by atoms with Gasteiger partial charge in [-0.3, -0.25) is 4.79 Å². The van der Waals surface area contributed by atoms with E-state index in [1.165, 1.54) is 25.7 Å². The first kappa shape index (κ1) is 10.1. The van der Waals surface area contributed by atoms with Gasteiger partial charge in [0.05, 0.1) is 5.92 Å². The maximum Gasteiger partial charge on any atom is 0.230 e. The highest BCUT2D eigenvalue weighted by Gasteiger charge is 2.44. The van der Waals surface area contributed by atoms with Crippen molar-refractivity contribution < 1.29 is 4.79 Å². The van der Waals surface area contributed by atoms with Crippen LogP contribution in [-0.2, 0) is 4.79 Å². The van der Waals surface area contributed by atoms with Crippen molar-refractivity contribution in [3.05, 3.63) is 23.4 Å². The number of nitrogens with zero attached hydrogens (tertiary/aromatic N) is 1. The Morgan fingerprint density at radius 1 is 1.12 bits per heavy atom. The fraction of sp³-hybridized carbons (Fsp3) is 0.643. The SMILES string of the molecule is C=C1C2CC3=C(CCCC3)CC2C(=O)N1C. The molecule has 0 N–H and O–H groups in total. The van der Waals surface area contributed by atoms with E-state index in [1.54, 1.807) is 16.0 Å². The maximum atomic E-state index is 12.1. The lowest BCUT2D eigenvalue weighted by Gasteiger charge is -2.31. The number of rotatable bonds is 0. The van der Waals surface area contributed by atoms with Crippen LogP contribution in [0.2, 0.25) is 0 Å². The molecule has 1 aliphatic heterocycles. The molecule has 1 saturated heterocycles. The molecule has 0 aromatic heterocycles. The smallest absolute Gasteiger partial charge is 0.230 e. The molecule has 0 saturated carbocycles. The summed E-state index contributed by atoms with van der Waals surface area (Å²) in [6.07, 6.45) is 7.29. The van der Waals surface area contributed by atoms with Gasteiger partial charge in [-0.2, -0.15) is 0 Å². The second-order valence-corrected chi connectivity index (χ2v) is 5.42. The highest BCUT2D eigenvalue weighted by atomic mass is 16.2. The van der Waals surface area contributed by atoms with Gasteiger partial charge in [0.15, 0.2) is 0 Å². The third-order valence-corrected chi connectivity index (χ3v) is 4.63. The maximum absolute atomic E-state index is 12.1. The quantitative estimate of drug-likeness (QED) is 0.571. The second kappa shape index (κ2) is 3.47. The van der Waals surface area contributed by atoms with Crippen LogP contribution in [0.15, 0.2) is 23.4 Å². The standard InChI is InChI=1S/C14H19NO/c1-9-12-7-10-5-3-4-6-11(10)8-13(12)14(16)15(9)2/h12-13H,1,3-8H2,2H3. The van der Waals surface area contributed by atoms with Gasteiger partial charge in [0.25, 0.3) is 0 Å². The van der Waals surface area contributed by atoms with E-state index in [9.17, 15) is 4.79 Å². The van der Waals surface area contributed by atoms with Crippen molar-refractivity contribution in [3.8, 4) is 0 Å². The summed E-state index contributed by atoms with van der Waals surface area (Å²) in [5, 5.41) is 0. The fourth-order valence-corrected chi connectivity index (χ4v) is 3.59. The number of likely N-dealkylation sites (tertiary alicyclic amines) is 1. The van der Waals surface area contributed by atoms with Crippen LogP contribution >= 0.6 is 0 Å². The van der Waals surface area contributed by atoms with Gasteiger partial charge in [-0.15, -0.1) is 0 Å².